The van der Waals surface area contributed by atoms with E-state index in [1.807, 2.05) is 24.3 Å². The summed E-state index contributed by atoms with van der Waals surface area (Å²) in [6, 6.07) is 16.3. The highest BCUT2D eigenvalue weighted by Crippen LogP contribution is 2.30. The van der Waals surface area contributed by atoms with Gasteiger partial charge in [0.25, 0.3) is 0 Å². The quantitative estimate of drug-likeness (QED) is 0.815. The van der Waals surface area contributed by atoms with Crippen LogP contribution >= 0.6 is 0 Å². The van der Waals surface area contributed by atoms with Crippen LogP contribution in [0.3, 0.4) is 0 Å². The number of carbonyl (C=O) groups is 1. The first-order valence-corrected chi connectivity index (χ1v) is 6.42. The van der Waals surface area contributed by atoms with Gasteiger partial charge in [0.1, 0.15) is 0 Å². The molecule has 0 saturated carbocycles. The zero-order valence-corrected chi connectivity index (χ0v) is 11.6. The molecular formula is C17H19NO. The molecular weight excluding hydrogens is 234 g/mol. The van der Waals surface area contributed by atoms with E-state index in [9.17, 15) is 4.79 Å². The van der Waals surface area contributed by atoms with Crippen molar-refractivity contribution in [3.05, 3.63) is 54.1 Å². The summed E-state index contributed by atoms with van der Waals surface area (Å²) in [6.45, 7) is 6.59. The van der Waals surface area contributed by atoms with E-state index in [-0.39, 0.29) is 5.41 Å². The lowest BCUT2D eigenvalue weighted by Gasteiger charge is -2.19. The summed E-state index contributed by atoms with van der Waals surface area (Å²) in [5.41, 5.74) is 4.44. The van der Waals surface area contributed by atoms with E-state index >= 15 is 0 Å². The number of amides is 1. The molecule has 98 valence electrons. The molecule has 0 fully saturated rings. The van der Waals surface area contributed by atoms with Gasteiger partial charge in [0.2, 0.25) is 6.41 Å². The maximum atomic E-state index is 10.6. The number of para-hydroxylation sites is 1. The van der Waals surface area contributed by atoms with Gasteiger partial charge in [0, 0.05) is 11.3 Å². The third-order valence-electron chi connectivity index (χ3n) is 3.20. The second kappa shape index (κ2) is 5.27. The molecule has 19 heavy (non-hydrogen) atoms. The van der Waals surface area contributed by atoms with Crippen LogP contribution in [0.15, 0.2) is 48.5 Å². The SMILES string of the molecule is CC(C)(C)c1ccc(-c2ccccc2NC=O)cc1. The van der Waals surface area contributed by atoms with Gasteiger partial charge in [-0.15, -0.1) is 0 Å². The topological polar surface area (TPSA) is 29.1 Å². The van der Waals surface area contributed by atoms with E-state index < -0.39 is 0 Å². The molecule has 2 heteroatoms. The molecule has 0 aromatic heterocycles. The Hall–Kier alpha value is -2.09. The van der Waals surface area contributed by atoms with Crippen LogP contribution in [0.5, 0.6) is 0 Å². The van der Waals surface area contributed by atoms with Crippen LogP contribution in [-0.4, -0.2) is 6.41 Å². The summed E-state index contributed by atoms with van der Waals surface area (Å²) < 4.78 is 0. The summed E-state index contributed by atoms with van der Waals surface area (Å²) in [4.78, 5) is 10.6. The third-order valence-corrected chi connectivity index (χ3v) is 3.20. The van der Waals surface area contributed by atoms with Crippen molar-refractivity contribution >= 4 is 12.1 Å². The minimum Gasteiger partial charge on any atom is -0.328 e. The fourth-order valence-corrected chi connectivity index (χ4v) is 2.07. The van der Waals surface area contributed by atoms with Gasteiger partial charge in [-0.1, -0.05) is 63.2 Å². The number of carbonyl (C=O) groups excluding carboxylic acids is 1. The molecule has 2 aromatic rings. The van der Waals surface area contributed by atoms with Gasteiger partial charge in [-0.2, -0.15) is 0 Å². The standard InChI is InChI=1S/C17H19NO/c1-17(2,3)14-10-8-13(9-11-14)15-6-4-5-7-16(15)18-12-19/h4-12H,1-3H3,(H,18,19). The van der Waals surface area contributed by atoms with Gasteiger partial charge in [0.05, 0.1) is 0 Å². The van der Waals surface area contributed by atoms with Crippen LogP contribution in [0.25, 0.3) is 11.1 Å². The molecule has 0 bridgehead atoms. The zero-order chi connectivity index (χ0) is 13.9. The predicted octanol–water partition coefficient (Wildman–Crippen LogP) is 4.22. The molecule has 2 rings (SSSR count). The Kier molecular flexibility index (Phi) is 3.70. The Balaban J connectivity index is 2.40. The second-order valence-corrected chi connectivity index (χ2v) is 5.64. The van der Waals surface area contributed by atoms with Crippen molar-refractivity contribution in [1.29, 1.82) is 0 Å². The maximum Gasteiger partial charge on any atom is 0.211 e. The first kappa shape index (κ1) is 13.3. The van der Waals surface area contributed by atoms with Gasteiger partial charge in [0.15, 0.2) is 0 Å². The second-order valence-electron chi connectivity index (χ2n) is 5.64. The Morgan fingerprint density at radius 3 is 2.16 bits per heavy atom. The zero-order valence-electron chi connectivity index (χ0n) is 11.6. The summed E-state index contributed by atoms with van der Waals surface area (Å²) >= 11 is 0. The summed E-state index contributed by atoms with van der Waals surface area (Å²) in [6.07, 6.45) is 0.711. The molecule has 0 unspecified atom stereocenters. The van der Waals surface area contributed by atoms with Crippen LogP contribution in [0, 0.1) is 0 Å². The monoisotopic (exact) mass is 253 g/mol. The van der Waals surface area contributed by atoms with Crippen molar-refractivity contribution in [2.75, 3.05) is 5.32 Å². The van der Waals surface area contributed by atoms with E-state index in [0.29, 0.717) is 6.41 Å². The average Bonchev–Trinajstić information content (AvgIpc) is 2.39. The lowest BCUT2D eigenvalue weighted by molar-refractivity contribution is -0.105. The molecule has 0 spiro atoms. The molecule has 0 saturated heterocycles. The Morgan fingerprint density at radius 1 is 0.947 bits per heavy atom. The van der Waals surface area contributed by atoms with Crippen LogP contribution in [0.4, 0.5) is 5.69 Å². The minimum absolute atomic E-state index is 0.152. The number of benzene rings is 2. The Labute approximate surface area is 114 Å². The molecule has 1 N–H and O–H groups in total. The molecule has 0 radical (unpaired) electrons. The number of hydrogen-bond donors (Lipinski definition) is 1. The van der Waals surface area contributed by atoms with Crippen molar-refractivity contribution in [2.45, 2.75) is 26.2 Å². The predicted molar refractivity (Wildman–Crippen MR) is 80.3 cm³/mol. The first-order valence-electron chi connectivity index (χ1n) is 6.42. The highest BCUT2D eigenvalue weighted by Gasteiger charge is 2.13. The number of nitrogens with one attached hydrogen (secondary N) is 1. The van der Waals surface area contributed by atoms with Crippen molar-refractivity contribution in [3.8, 4) is 11.1 Å². The first-order chi connectivity index (χ1) is 9.02. The highest BCUT2D eigenvalue weighted by molar-refractivity contribution is 5.85. The fourth-order valence-electron chi connectivity index (χ4n) is 2.07. The van der Waals surface area contributed by atoms with Gasteiger partial charge in [-0.25, -0.2) is 0 Å². The van der Waals surface area contributed by atoms with Crippen molar-refractivity contribution in [2.24, 2.45) is 0 Å². The van der Waals surface area contributed by atoms with Crippen molar-refractivity contribution < 1.29 is 4.79 Å². The van der Waals surface area contributed by atoms with Crippen molar-refractivity contribution in [1.82, 2.24) is 0 Å². The van der Waals surface area contributed by atoms with Crippen molar-refractivity contribution in [3.63, 3.8) is 0 Å². The lowest BCUT2D eigenvalue weighted by Crippen LogP contribution is -2.10. The van der Waals surface area contributed by atoms with E-state index in [2.05, 4.69) is 50.4 Å². The lowest BCUT2D eigenvalue weighted by atomic mass is 9.86. The number of hydrogen-bond acceptors (Lipinski definition) is 1. The largest absolute Gasteiger partial charge is 0.328 e. The number of rotatable bonds is 3. The Morgan fingerprint density at radius 2 is 1.58 bits per heavy atom. The van der Waals surface area contributed by atoms with E-state index in [4.69, 9.17) is 0 Å². The maximum absolute atomic E-state index is 10.6. The molecule has 0 heterocycles. The minimum atomic E-state index is 0.152. The van der Waals surface area contributed by atoms with Gasteiger partial charge in [-0.3, -0.25) is 4.79 Å². The van der Waals surface area contributed by atoms with Crippen LogP contribution in [0.2, 0.25) is 0 Å². The highest BCUT2D eigenvalue weighted by atomic mass is 16.1. The van der Waals surface area contributed by atoms with Gasteiger partial charge < -0.3 is 5.32 Å². The van der Waals surface area contributed by atoms with Crippen LogP contribution < -0.4 is 5.32 Å². The summed E-state index contributed by atoms with van der Waals surface area (Å²) in [7, 11) is 0. The Bertz CT molecular complexity index is 565. The summed E-state index contributed by atoms with van der Waals surface area (Å²) in [5.74, 6) is 0. The third kappa shape index (κ3) is 3.02. The molecule has 1 amide bonds. The average molecular weight is 253 g/mol. The van der Waals surface area contributed by atoms with Crippen LogP contribution in [-0.2, 0) is 10.2 Å². The fraction of sp³-hybridized carbons (Fsp3) is 0.235. The van der Waals surface area contributed by atoms with E-state index in [0.717, 1.165) is 16.8 Å². The molecule has 0 aliphatic carbocycles. The smallest absolute Gasteiger partial charge is 0.211 e. The molecule has 2 aromatic carbocycles. The van der Waals surface area contributed by atoms with Gasteiger partial charge in [-0.05, 0) is 22.6 Å². The molecule has 2 nitrogen and oxygen atoms in total. The van der Waals surface area contributed by atoms with E-state index in [1.54, 1.807) is 0 Å². The molecule has 0 aliphatic rings. The molecule has 0 aliphatic heterocycles. The normalized spacial score (nSPS) is 11.1. The van der Waals surface area contributed by atoms with Crippen LogP contribution in [0.1, 0.15) is 26.3 Å². The summed E-state index contributed by atoms with van der Waals surface area (Å²) in [5, 5.41) is 2.74. The number of anilines is 1. The van der Waals surface area contributed by atoms with E-state index in [1.165, 1.54) is 5.56 Å². The molecule has 0 atom stereocenters. The van der Waals surface area contributed by atoms with Gasteiger partial charge >= 0.3 is 0 Å².